The first kappa shape index (κ1) is 16.4. The summed E-state index contributed by atoms with van der Waals surface area (Å²) in [5.41, 5.74) is 7.19. The summed E-state index contributed by atoms with van der Waals surface area (Å²) in [7, 11) is 0. The third-order valence-corrected chi connectivity index (χ3v) is 3.03. The predicted molar refractivity (Wildman–Crippen MR) is 87.1 cm³/mol. The van der Waals surface area contributed by atoms with Gasteiger partial charge < -0.3 is 21.5 Å². The molecule has 0 radical (unpaired) electrons. The Balaban J connectivity index is 2.03. The molecule has 1 unspecified atom stereocenters. The maximum Gasteiger partial charge on any atom is 0.274 e. The average molecular weight is 314 g/mol. The Morgan fingerprint density at radius 3 is 2.57 bits per heavy atom. The summed E-state index contributed by atoms with van der Waals surface area (Å²) >= 11 is 0. The Labute approximate surface area is 133 Å². The van der Waals surface area contributed by atoms with E-state index in [1.807, 2.05) is 0 Å². The average Bonchev–Trinajstić information content (AvgIpc) is 2.54. The zero-order valence-electron chi connectivity index (χ0n) is 12.6. The van der Waals surface area contributed by atoms with Gasteiger partial charge in [-0.3, -0.25) is 14.6 Å². The number of nitrogen functional groups attached to an aromatic ring is 1. The van der Waals surface area contributed by atoms with Gasteiger partial charge in [-0.25, -0.2) is 0 Å². The second-order valence-corrected chi connectivity index (χ2v) is 5.03. The molecule has 0 saturated carbocycles. The van der Waals surface area contributed by atoms with Crippen LogP contribution in [0.4, 0.5) is 11.4 Å². The molecule has 0 fully saturated rings. The number of pyridine rings is 1. The molecule has 0 aliphatic carbocycles. The molecular formula is C16H18N4O3. The minimum atomic E-state index is -0.631. The Kier molecular flexibility index (Phi) is 5.27. The highest BCUT2D eigenvalue weighted by Crippen LogP contribution is 2.17. The number of anilines is 2. The zero-order chi connectivity index (χ0) is 16.8. The molecule has 0 aliphatic rings. The van der Waals surface area contributed by atoms with Crippen LogP contribution in [0.5, 0.6) is 0 Å². The summed E-state index contributed by atoms with van der Waals surface area (Å²) in [5, 5.41) is 14.3. The van der Waals surface area contributed by atoms with Crippen molar-refractivity contribution >= 4 is 23.2 Å². The van der Waals surface area contributed by atoms with Crippen LogP contribution in [-0.2, 0) is 0 Å². The highest BCUT2D eigenvalue weighted by Gasteiger charge is 2.11. The van der Waals surface area contributed by atoms with E-state index in [0.29, 0.717) is 16.9 Å². The number of aromatic nitrogens is 1. The predicted octanol–water partition coefficient (Wildman–Crippen LogP) is 1.03. The molecule has 7 nitrogen and oxygen atoms in total. The van der Waals surface area contributed by atoms with Crippen LogP contribution in [0.2, 0.25) is 0 Å². The Bertz CT molecular complexity index is 699. The number of carbonyl (C=O) groups excluding carboxylic acids is 2. The number of amides is 2. The number of nitrogens with two attached hydrogens (primary N) is 1. The van der Waals surface area contributed by atoms with E-state index in [2.05, 4.69) is 15.6 Å². The molecule has 1 atom stereocenters. The van der Waals surface area contributed by atoms with Crippen molar-refractivity contribution in [2.24, 2.45) is 0 Å². The lowest BCUT2D eigenvalue weighted by Gasteiger charge is -2.09. The van der Waals surface area contributed by atoms with Gasteiger partial charge in [0.2, 0.25) is 0 Å². The van der Waals surface area contributed by atoms with E-state index in [0.717, 1.165) is 0 Å². The van der Waals surface area contributed by atoms with E-state index in [1.54, 1.807) is 31.2 Å². The molecular weight excluding hydrogens is 296 g/mol. The molecule has 23 heavy (non-hydrogen) atoms. The number of nitrogens with one attached hydrogen (secondary N) is 2. The third-order valence-electron chi connectivity index (χ3n) is 3.03. The fraction of sp³-hybridized carbons (Fsp3) is 0.188. The van der Waals surface area contributed by atoms with Gasteiger partial charge in [-0.1, -0.05) is 12.1 Å². The van der Waals surface area contributed by atoms with E-state index in [4.69, 9.17) is 10.8 Å². The molecule has 0 bridgehead atoms. The normalized spacial score (nSPS) is 11.6. The minimum absolute atomic E-state index is 0.147. The van der Waals surface area contributed by atoms with Crippen LogP contribution < -0.4 is 16.4 Å². The van der Waals surface area contributed by atoms with Crippen LogP contribution >= 0.6 is 0 Å². The van der Waals surface area contributed by atoms with Crippen molar-refractivity contribution in [2.45, 2.75) is 13.0 Å². The summed E-state index contributed by atoms with van der Waals surface area (Å²) in [4.78, 5) is 27.9. The number of benzene rings is 1. The number of para-hydroxylation sites is 2. The zero-order valence-corrected chi connectivity index (χ0v) is 12.6. The molecule has 1 aromatic heterocycles. The van der Waals surface area contributed by atoms with Crippen LogP contribution in [0.3, 0.4) is 0 Å². The van der Waals surface area contributed by atoms with E-state index in [1.165, 1.54) is 18.3 Å². The van der Waals surface area contributed by atoms with Crippen molar-refractivity contribution in [2.75, 3.05) is 17.6 Å². The monoisotopic (exact) mass is 314 g/mol. The number of aliphatic hydroxyl groups is 1. The van der Waals surface area contributed by atoms with Crippen molar-refractivity contribution in [3.8, 4) is 0 Å². The van der Waals surface area contributed by atoms with Gasteiger partial charge in [-0.2, -0.15) is 0 Å². The number of aliphatic hydroxyl groups excluding tert-OH is 1. The number of hydrogen-bond acceptors (Lipinski definition) is 5. The lowest BCUT2D eigenvalue weighted by molar-refractivity contribution is 0.0922. The van der Waals surface area contributed by atoms with Gasteiger partial charge in [-0.05, 0) is 31.2 Å². The molecule has 2 amide bonds. The second-order valence-electron chi connectivity index (χ2n) is 5.03. The summed E-state index contributed by atoms with van der Waals surface area (Å²) in [5.74, 6) is -0.781. The molecule has 5 N–H and O–H groups in total. The highest BCUT2D eigenvalue weighted by molar-refractivity contribution is 6.04. The van der Waals surface area contributed by atoms with Crippen molar-refractivity contribution in [1.82, 2.24) is 10.3 Å². The molecule has 7 heteroatoms. The fourth-order valence-electron chi connectivity index (χ4n) is 1.80. The van der Waals surface area contributed by atoms with Gasteiger partial charge in [0.25, 0.3) is 11.8 Å². The maximum absolute atomic E-state index is 12.1. The standard InChI is InChI=1S/C16H18N4O3/c1-10(21)8-19-15(22)11-6-7-14(18-9-11)16(23)20-13-5-3-2-4-12(13)17/h2-7,9-10,21H,8,17H2,1H3,(H,19,22)(H,20,23). The first-order valence-electron chi connectivity index (χ1n) is 7.05. The molecule has 0 aliphatic heterocycles. The highest BCUT2D eigenvalue weighted by atomic mass is 16.3. The largest absolute Gasteiger partial charge is 0.397 e. The van der Waals surface area contributed by atoms with Crippen LogP contribution in [0.25, 0.3) is 0 Å². The van der Waals surface area contributed by atoms with Crippen LogP contribution in [0.1, 0.15) is 27.8 Å². The molecule has 2 rings (SSSR count). The Morgan fingerprint density at radius 1 is 1.22 bits per heavy atom. The van der Waals surface area contributed by atoms with Gasteiger partial charge in [0.15, 0.2) is 0 Å². The van der Waals surface area contributed by atoms with Crippen LogP contribution in [-0.4, -0.2) is 34.6 Å². The number of carbonyl (C=O) groups is 2. The lowest BCUT2D eigenvalue weighted by Crippen LogP contribution is -2.30. The molecule has 120 valence electrons. The van der Waals surface area contributed by atoms with Gasteiger partial charge in [0.1, 0.15) is 5.69 Å². The van der Waals surface area contributed by atoms with E-state index >= 15 is 0 Å². The molecule has 2 aromatic rings. The fourth-order valence-corrected chi connectivity index (χ4v) is 1.80. The maximum atomic E-state index is 12.1. The first-order chi connectivity index (χ1) is 11.0. The lowest BCUT2D eigenvalue weighted by atomic mass is 10.2. The Hall–Kier alpha value is -2.93. The van der Waals surface area contributed by atoms with Gasteiger partial charge in [0.05, 0.1) is 23.0 Å². The number of nitrogens with zero attached hydrogens (tertiary/aromatic N) is 1. The topological polar surface area (TPSA) is 117 Å². The van der Waals surface area contributed by atoms with Crippen molar-refractivity contribution in [1.29, 1.82) is 0 Å². The Morgan fingerprint density at radius 2 is 1.96 bits per heavy atom. The summed E-state index contributed by atoms with van der Waals surface area (Å²) in [6.45, 7) is 1.72. The number of rotatable bonds is 5. The van der Waals surface area contributed by atoms with Crippen molar-refractivity contribution < 1.29 is 14.7 Å². The molecule has 1 heterocycles. The second kappa shape index (κ2) is 7.37. The smallest absolute Gasteiger partial charge is 0.274 e. The van der Waals surface area contributed by atoms with Gasteiger partial charge in [-0.15, -0.1) is 0 Å². The first-order valence-corrected chi connectivity index (χ1v) is 7.05. The van der Waals surface area contributed by atoms with Crippen molar-refractivity contribution in [3.05, 3.63) is 53.9 Å². The summed E-state index contributed by atoms with van der Waals surface area (Å²) in [6, 6.07) is 9.84. The van der Waals surface area contributed by atoms with Gasteiger partial charge in [0, 0.05) is 12.7 Å². The molecule has 1 aromatic carbocycles. The third kappa shape index (κ3) is 4.52. The van der Waals surface area contributed by atoms with Crippen LogP contribution in [0, 0.1) is 0 Å². The SMILES string of the molecule is CC(O)CNC(=O)c1ccc(C(=O)Nc2ccccc2N)nc1. The quantitative estimate of drug-likeness (QED) is 0.615. The van der Waals surface area contributed by atoms with Gasteiger partial charge >= 0.3 is 0 Å². The van der Waals surface area contributed by atoms with E-state index in [9.17, 15) is 9.59 Å². The molecule has 0 saturated heterocycles. The van der Waals surface area contributed by atoms with Crippen LogP contribution in [0.15, 0.2) is 42.6 Å². The minimum Gasteiger partial charge on any atom is -0.397 e. The van der Waals surface area contributed by atoms with E-state index < -0.39 is 12.0 Å². The summed E-state index contributed by atoms with van der Waals surface area (Å²) < 4.78 is 0. The van der Waals surface area contributed by atoms with Crippen molar-refractivity contribution in [3.63, 3.8) is 0 Å². The number of hydrogen-bond donors (Lipinski definition) is 4. The van der Waals surface area contributed by atoms with E-state index in [-0.39, 0.29) is 18.1 Å². The molecule has 0 spiro atoms. The summed E-state index contributed by atoms with van der Waals surface area (Å²) in [6.07, 6.45) is 0.675.